The lowest BCUT2D eigenvalue weighted by molar-refractivity contribution is -0.133. The summed E-state index contributed by atoms with van der Waals surface area (Å²) >= 11 is 12.0. The highest BCUT2D eigenvalue weighted by molar-refractivity contribution is 6.32. The number of benzene rings is 2. The maximum Gasteiger partial charge on any atom is 0.260 e. The highest BCUT2D eigenvalue weighted by Gasteiger charge is 2.12. The van der Waals surface area contributed by atoms with E-state index < -0.39 is 0 Å². The summed E-state index contributed by atoms with van der Waals surface area (Å²) in [4.78, 5) is 37.8. The van der Waals surface area contributed by atoms with Gasteiger partial charge in [-0.3, -0.25) is 14.4 Å². The van der Waals surface area contributed by atoms with Crippen molar-refractivity contribution in [1.82, 2.24) is 10.2 Å². The van der Waals surface area contributed by atoms with E-state index in [1.165, 1.54) is 0 Å². The van der Waals surface area contributed by atoms with E-state index in [2.05, 4.69) is 10.6 Å². The van der Waals surface area contributed by atoms with E-state index in [4.69, 9.17) is 27.9 Å². The van der Waals surface area contributed by atoms with Gasteiger partial charge in [-0.25, -0.2) is 0 Å². The fourth-order valence-corrected chi connectivity index (χ4v) is 3.08. The predicted octanol–water partition coefficient (Wildman–Crippen LogP) is 4.00. The van der Waals surface area contributed by atoms with Crippen LogP contribution in [-0.2, 0) is 9.59 Å². The Morgan fingerprint density at radius 1 is 1.00 bits per heavy atom. The molecule has 2 aromatic rings. The molecule has 0 heterocycles. The highest BCUT2D eigenvalue weighted by Crippen LogP contribution is 2.27. The van der Waals surface area contributed by atoms with Crippen molar-refractivity contribution in [3.8, 4) is 5.75 Å². The number of rotatable bonds is 10. The van der Waals surface area contributed by atoms with Crippen molar-refractivity contribution in [2.24, 2.45) is 0 Å². The van der Waals surface area contributed by atoms with Crippen molar-refractivity contribution >= 4 is 46.6 Å². The molecule has 0 spiro atoms. The first-order valence-corrected chi connectivity index (χ1v) is 10.6. The molecule has 2 N–H and O–H groups in total. The molecule has 0 unspecified atom stereocenters. The molecule has 0 radical (unpaired) electrons. The van der Waals surface area contributed by atoms with Crippen LogP contribution in [-0.4, -0.2) is 48.9 Å². The Morgan fingerprint density at radius 3 is 2.29 bits per heavy atom. The van der Waals surface area contributed by atoms with Crippen molar-refractivity contribution in [3.05, 3.63) is 58.1 Å². The van der Waals surface area contributed by atoms with E-state index in [-0.39, 0.29) is 42.3 Å². The van der Waals surface area contributed by atoms with Gasteiger partial charge in [0.25, 0.3) is 11.8 Å². The highest BCUT2D eigenvalue weighted by atomic mass is 35.5. The minimum atomic E-state index is -0.284. The summed E-state index contributed by atoms with van der Waals surface area (Å²) in [5.74, 6) is -0.333. The van der Waals surface area contributed by atoms with Gasteiger partial charge in [0.05, 0.1) is 5.02 Å². The minimum Gasteiger partial charge on any atom is -0.482 e. The standard InChI is InChI=1S/C22H25Cl2N3O4/c1-3-27(4-2)21(29)14-31-19-10-9-17(13-18(19)24)26-20(28)11-12-25-22(30)15-5-7-16(23)8-6-15/h5-10,13H,3-4,11-12,14H2,1-2H3,(H,25,30)(H,26,28). The van der Waals surface area contributed by atoms with Gasteiger partial charge >= 0.3 is 0 Å². The van der Waals surface area contributed by atoms with Crippen molar-refractivity contribution in [3.63, 3.8) is 0 Å². The van der Waals surface area contributed by atoms with Crippen molar-refractivity contribution < 1.29 is 19.1 Å². The molecule has 2 rings (SSSR count). The van der Waals surface area contributed by atoms with Crippen LogP contribution in [0.3, 0.4) is 0 Å². The topological polar surface area (TPSA) is 87.7 Å². The lowest BCUT2D eigenvalue weighted by atomic mass is 10.2. The first kappa shape index (κ1) is 24.5. The first-order chi connectivity index (χ1) is 14.8. The average Bonchev–Trinajstić information content (AvgIpc) is 2.74. The molecule has 3 amide bonds. The van der Waals surface area contributed by atoms with Gasteiger partial charge in [0, 0.05) is 42.3 Å². The maximum absolute atomic E-state index is 12.1. The number of likely N-dealkylation sites (N-methyl/N-ethyl adjacent to an activating group) is 1. The number of hydrogen-bond donors (Lipinski definition) is 2. The molecule has 0 saturated heterocycles. The maximum atomic E-state index is 12.1. The summed E-state index contributed by atoms with van der Waals surface area (Å²) < 4.78 is 5.49. The molecule has 2 aromatic carbocycles. The third-order valence-electron chi connectivity index (χ3n) is 4.43. The van der Waals surface area contributed by atoms with Crippen LogP contribution >= 0.6 is 23.2 Å². The van der Waals surface area contributed by atoms with Crippen molar-refractivity contribution in [1.29, 1.82) is 0 Å². The zero-order valence-electron chi connectivity index (χ0n) is 17.4. The quantitative estimate of drug-likeness (QED) is 0.554. The van der Waals surface area contributed by atoms with Crippen LogP contribution in [0.4, 0.5) is 5.69 Å². The minimum absolute atomic E-state index is 0.0908. The molecule has 31 heavy (non-hydrogen) atoms. The molecule has 0 saturated carbocycles. The second-order valence-electron chi connectivity index (χ2n) is 6.56. The largest absolute Gasteiger partial charge is 0.482 e. The van der Waals surface area contributed by atoms with E-state index in [1.807, 2.05) is 13.8 Å². The molecule has 0 bridgehead atoms. The number of anilines is 1. The van der Waals surface area contributed by atoms with Gasteiger partial charge in [-0.05, 0) is 56.3 Å². The van der Waals surface area contributed by atoms with E-state index in [0.29, 0.717) is 35.1 Å². The number of carbonyl (C=O) groups excluding carboxylic acids is 3. The number of nitrogens with zero attached hydrogens (tertiary/aromatic N) is 1. The molecule has 0 aliphatic carbocycles. The molecule has 9 heteroatoms. The van der Waals surface area contributed by atoms with Crippen LogP contribution in [0.1, 0.15) is 30.6 Å². The van der Waals surface area contributed by atoms with Gasteiger partial charge in [-0.1, -0.05) is 23.2 Å². The smallest absolute Gasteiger partial charge is 0.260 e. The van der Waals surface area contributed by atoms with Gasteiger partial charge < -0.3 is 20.3 Å². The molecule has 0 fully saturated rings. The summed E-state index contributed by atoms with van der Waals surface area (Å²) in [6.45, 7) is 5.08. The van der Waals surface area contributed by atoms with Crippen molar-refractivity contribution in [2.75, 3.05) is 31.6 Å². The number of halogens is 2. The second-order valence-corrected chi connectivity index (χ2v) is 7.40. The Hall–Kier alpha value is -2.77. The predicted molar refractivity (Wildman–Crippen MR) is 122 cm³/mol. The normalized spacial score (nSPS) is 10.3. The Balaban J connectivity index is 1.80. The van der Waals surface area contributed by atoms with Crippen LogP contribution in [0.15, 0.2) is 42.5 Å². The Labute approximate surface area is 191 Å². The Bertz CT molecular complexity index is 915. The third kappa shape index (κ3) is 7.77. The van der Waals surface area contributed by atoms with Crippen LogP contribution in [0.25, 0.3) is 0 Å². The molecule has 0 aromatic heterocycles. The number of carbonyl (C=O) groups is 3. The molecule has 166 valence electrons. The summed E-state index contributed by atoms with van der Waals surface area (Å²) in [7, 11) is 0. The monoisotopic (exact) mass is 465 g/mol. The first-order valence-electron chi connectivity index (χ1n) is 9.87. The molecule has 0 aliphatic heterocycles. The summed E-state index contributed by atoms with van der Waals surface area (Å²) in [5.41, 5.74) is 0.952. The molecular formula is C22H25Cl2N3O4. The van der Waals surface area contributed by atoms with Gasteiger partial charge in [0.15, 0.2) is 6.61 Å². The van der Waals surface area contributed by atoms with E-state index in [0.717, 1.165) is 0 Å². The summed E-state index contributed by atoms with van der Waals surface area (Å²) in [6, 6.07) is 11.2. The van der Waals surface area contributed by atoms with Crippen molar-refractivity contribution in [2.45, 2.75) is 20.3 Å². The van der Waals surface area contributed by atoms with Crippen LogP contribution in [0, 0.1) is 0 Å². The Kier molecular flexibility index (Phi) is 9.62. The van der Waals surface area contributed by atoms with Crippen LogP contribution in [0.2, 0.25) is 10.0 Å². The Morgan fingerprint density at radius 2 is 1.68 bits per heavy atom. The number of hydrogen-bond acceptors (Lipinski definition) is 4. The number of ether oxygens (including phenoxy) is 1. The molecule has 0 aliphatic rings. The zero-order chi connectivity index (χ0) is 22.8. The van der Waals surface area contributed by atoms with Gasteiger partial charge in [0.2, 0.25) is 5.91 Å². The zero-order valence-corrected chi connectivity index (χ0v) is 18.9. The van der Waals surface area contributed by atoms with Crippen LogP contribution < -0.4 is 15.4 Å². The molecule has 7 nitrogen and oxygen atoms in total. The summed E-state index contributed by atoms with van der Waals surface area (Å²) in [5, 5.41) is 6.21. The molecule has 0 atom stereocenters. The van der Waals surface area contributed by atoms with E-state index in [9.17, 15) is 14.4 Å². The van der Waals surface area contributed by atoms with Gasteiger partial charge in [0.1, 0.15) is 5.75 Å². The van der Waals surface area contributed by atoms with Gasteiger partial charge in [-0.15, -0.1) is 0 Å². The van der Waals surface area contributed by atoms with E-state index >= 15 is 0 Å². The number of nitrogens with one attached hydrogen (secondary N) is 2. The lowest BCUT2D eigenvalue weighted by Crippen LogP contribution is -2.34. The summed E-state index contributed by atoms with van der Waals surface area (Å²) in [6.07, 6.45) is 0.0908. The number of amides is 3. The lowest BCUT2D eigenvalue weighted by Gasteiger charge is -2.19. The average molecular weight is 466 g/mol. The fraction of sp³-hybridized carbons (Fsp3) is 0.318. The SMILES string of the molecule is CCN(CC)C(=O)COc1ccc(NC(=O)CCNC(=O)c2ccc(Cl)cc2)cc1Cl. The third-order valence-corrected chi connectivity index (χ3v) is 4.97. The van der Waals surface area contributed by atoms with Crippen LogP contribution in [0.5, 0.6) is 5.75 Å². The molecular weight excluding hydrogens is 441 g/mol. The van der Waals surface area contributed by atoms with Gasteiger partial charge in [-0.2, -0.15) is 0 Å². The fourth-order valence-electron chi connectivity index (χ4n) is 2.72. The second kappa shape index (κ2) is 12.2. The van der Waals surface area contributed by atoms with E-state index in [1.54, 1.807) is 47.4 Å².